The van der Waals surface area contributed by atoms with E-state index in [2.05, 4.69) is 13.8 Å². The van der Waals surface area contributed by atoms with E-state index in [4.69, 9.17) is 4.74 Å². The van der Waals surface area contributed by atoms with Crippen molar-refractivity contribution in [2.24, 2.45) is 5.92 Å². The molecule has 0 amide bonds. The first kappa shape index (κ1) is 14.6. The van der Waals surface area contributed by atoms with Gasteiger partial charge in [-0.25, -0.2) is 8.42 Å². The van der Waals surface area contributed by atoms with Crippen molar-refractivity contribution in [1.82, 2.24) is 0 Å². The van der Waals surface area contributed by atoms with Crippen molar-refractivity contribution >= 4 is 15.6 Å². The van der Waals surface area contributed by atoms with E-state index in [-0.39, 0.29) is 18.0 Å². The van der Waals surface area contributed by atoms with E-state index in [1.165, 1.54) is 0 Å². The minimum Gasteiger partial charge on any atom is -0.381 e. The van der Waals surface area contributed by atoms with Crippen molar-refractivity contribution < 1.29 is 17.9 Å². The lowest BCUT2D eigenvalue weighted by molar-refractivity contribution is -0.117. The minimum absolute atomic E-state index is 0.186. The van der Waals surface area contributed by atoms with Gasteiger partial charge < -0.3 is 4.74 Å². The molecule has 4 nitrogen and oxygen atoms in total. The number of ketones is 1. The Labute approximate surface area is 91.9 Å². The van der Waals surface area contributed by atoms with Crippen LogP contribution >= 0.6 is 0 Å². The average molecular weight is 236 g/mol. The maximum atomic E-state index is 11.1. The number of hydrogen-bond donors (Lipinski definition) is 0. The summed E-state index contributed by atoms with van der Waals surface area (Å²) in [5.41, 5.74) is 0. The van der Waals surface area contributed by atoms with Crippen LogP contribution in [0.1, 0.15) is 26.7 Å². The van der Waals surface area contributed by atoms with Gasteiger partial charge in [-0.15, -0.1) is 0 Å². The van der Waals surface area contributed by atoms with Crippen LogP contribution in [0.4, 0.5) is 0 Å². The van der Waals surface area contributed by atoms with Gasteiger partial charge in [0.1, 0.15) is 11.5 Å². The summed E-state index contributed by atoms with van der Waals surface area (Å²) in [6.07, 6.45) is 2.20. The normalized spacial score (nSPS) is 12.0. The van der Waals surface area contributed by atoms with Crippen LogP contribution in [-0.4, -0.2) is 39.4 Å². The molecule has 0 atom stereocenters. The van der Waals surface area contributed by atoms with Gasteiger partial charge in [0, 0.05) is 19.3 Å². The fourth-order valence-corrected chi connectivity index (χ4v) is 1.70. The fourth-order valence-electron chi connectivity index (χ4n) is 0.972. The number of ether oxygens (including phenoxy) is 1. The fraction of sp³-hybridized carbons (Fsp3) is 0.900. The third-order valence-corrected chi connectivity index (χ3v) is 2.63. The van der Waals surface area contributed by atoms with Crippen molar-refractivity contribution in [2.45, 2.75) is 26.7 Å². The average Bonchev–Trinajstić information content (AvgIpc) is 1.99. The number of carbonyl (C=O) groups excluding carboxylic acids is 1. The van der Waals surface area contributed by atoms with Gasteiger partial charge in [0.15, 0.2) is 9.84 Å². The Morgan fingerprint density at radius 2 is 1.87 bits per heavy atom. The van der Waals surface area contributed by atoms with Gasteiger partial charge in [-0.1, -0.05) is 13.8 Å². The second-order valence-corrected chi connectivity index (χ2v) is 6.29. The molecule has 0 fully saturated rings. The topological polar surface area (TPSA) is 60.4 Å². The molecule has 0 spiro atoms. The van der Waals surface area contributed by atoms with Gasteiger partial charge in [-0.3, -0.25) is 4.79 Å². The van der Waals surface area contributed by atoms with E-state index in [1.54, 1.807) is 0 Å². The molecular formula is C10H20O4S. The molecule has 0 aromatic carbocycles. The summed E-state index contributed by atoms with van der Waals surface area (Å²) >= 11 is 0. The highest BCUT2D eigenvalue weighted by Gasteiger charge is 2.10. The summed E-state index contributed by atoms with van der Waals surface area (Å²) in [4.78, 5) is 11.1. The Balaban J connectivity index is 3.48. The zero-order valence-electron chi connectivity index (χ0n) is 9.65. The maximum Gasteiger partial charge on any atom is 0.154 e. The van der Waals surface area contributed by atoms with Crippen LogP contribution in [0.25, 0.3) is 0 Å². The molecule has 0 aliphatic carbocycles. The zero-order valence-corrected chi connectivity index (χ0v) is 10.5. The Morgan fingerprint density at radius 1 is 1.27 bits per heavy atom. The van der Waals surface area contributed by atoms with Crippen LogP contribution in [0.15, 0.2) is 0 Å². The SMILES string of the molecule is CC(C)CCOCCC(=O)CS(C)(=O)=O. The summed E-state index contributed by atoms with van der Waals surface area (Å²) in [6.45, 7) is 5.14. The molecule has 0 aromatic rings. The van der Waals surface area contributed by atoms with Gasteiger partial charge in [0.25, 0.3) is 0 Å². The highest BCUT2D eigenvalue weighted by atomic mass is 32.2. The summed E-state index contributed by atoms with van der Waals surface area (Å²) in [7, 11) is -3.18. The lowest BCUT2D eigenvalue weighted by Crippen LogP contribution is -2.16. The molecule has 0 saturated heterocycles. The number of Topliss-reactive ketones (excluding diaryl/α,β-unsaturated/α-hetero) is 1. The molecule has 0 N–H and O–H groups in total. The van der Waals surface area contributed by atoms with E-state index in [0.717, 1.165) is 12.7 Å². The van der Waals surface area contributed by atoms with Crippen molar-refractivity contribution in [2.75, 3.05) is 25.2 Å². The largest absolute Gasteiger partial charge is 0.381 e. The molecule has 5 heteroatoms. The predicted molar refractivity (Wildman–Crippen MR) is 59.6 cm³/mol. The van der Waals surface area contributed by atoms with Gasteiger partial charge in [0.05, 0.1) is 6.61 Å². The van der Waals surface area contributed by atoms with Gasteiger partial charge in [-0.05, 0) is 12.3 Å². The lowest BCUT2D eigenvalue weighted by Gasteiger charge is -2.05. The molecule has 0 aromatic heterocycles. The molecule has 0 radical (unpaired) electrons. The quantitative estimate of drug-likeness (QED) is 0.591. The summed E-state index contributed by atoms with van der Waals surface area (Å²) in [5.74, 6) is -0.0700. The van der Waals surface area contributed by atoms with Crippen LogP contribution < -0.4 is 0 Å². The molecule has 90 valence electrons. The van der Waals surface area contributed by atoms with Crippen LogP contribution in [0.2, 0.25) is 0 Å². The molecule has 0 aliphatic heterocycles. The second kappa shape index (κ2) is 6.95. The predicted octanol–water partition coefficient (Wildman–Crippen LogP) is 1.05. The van der Waals surface area contributed by atoms with E-state index in [1.807, 2.05) is 0 Å². The smallest absolute Gasteiger partial charge is 0.154 e. The number of carbonyl (C=O) groups is 1. The highest BCUT2D eigenvalue weighted by molar-refractivity contribution is 7.91. The third kappa shape index (κ3) is 11.5. The first-order valence-corrected chi connectivity index (χ1v) is 7.14. The van der Waals surface area contributed by atoms with Crippen LogP contribution in [0.3, 0.4) is 0 Å². The van der Waals surface area contributed by atoms with E-state index in [0.29, 0.717) is 19.1 Å². The molecule has 0 heterocycles. The first-order valence-electron chi connectivity index (χ1n) is 5.08. The van der Waals surface area contributed by atoms with E-state index >= 15 is 0 Å². The summed E-state index contributed by atoms with van der Waals surface area (Å²) in [5, 5.41) is 0. The minimum atomic E-state index is -3.18. The highest BCUT2D eigenvalue weighted by Crippen LogP contribution is 1.99. The third-order valence-electron chi connectivity index (χ3n) is 1.79. The van der Waals surface area contributed by atoms with Crippen molar-refractivity contribution in [1.29, 1.82) is 0 Å². The molecule has 15 heavy (non-hydrogen) atoms. The van der Waals surface area contributed by atoms with Crippen molar-refractivity contribution in [3.63, 3.8) is 0 Å². The standard InChI is InChI=1S/C10H20O4S/c1-9(2)4-6-14-7-5-10(11)8-15(3,12)13/h9H,4-8H2,1-3H3. The van der Waals surface area contributed by atoms with Crippen molar-refractivity contribution in [3.05, 3.63) is 0 Å². The van der Waals surface area contributed by atoms with Crippen molar-refractivity contribution in [3.8, 4) is 0 Å². The molecular weight excluding hydrogens is 216 g/mol. The number of rotatable bonds is 8. The Bertz CT molecular complexity index is 280. The summed E-state index contributed by atoms with van der Waals surface area (Å²) in [6, 6.07) is 0. The zero-order chi connectivity index (χ0) is 11.9. The molecule has 0 saturated carbocycles. The van der Waals surface area contributed by atoms with Gasteiger partial charge in [-0.2, -0.15) is 0 Å². The van der Waals surface area contributed by atoms with Crippen LogP contribution in [0, 0.1) is 5.92 Å². The van der Waals surface area contributed by atoms with E-state index in [9.17, 15) is 13.2 Å². The van der Waals surface area contributed by atoms with Crippen LogP contribution in [-0.2, 0) is 19.4 Å². The molecule has 0 aliphatic rings. The second-order valence-electron chi connectivity index (χ2n) is 4.15. The Morgan fingerprint density at radius 3 is 2.33 bits per heavy atom. The lowest BCUT2D eigenvalue weighted by atomic mass is 10.1. The first-order chi connectivity index (χ1) is 6.81. The molecule has 0 unspecified atom stereocenters. The Hall–Kier alpha value is -0.420. The van der Waals surface area contributed by atoms with Gasteiger partial charge in [0.2, 0.25) is 0 Å². The van der Waals surface area contributed by atoms with Crippen LogP contribution in [0.5, 0.6) is 0 Å². The maximum absolute atomic E-state index is 11.1. The summed E-state index contributed by atoms with van der Waals surface area (Å²) < 4.78 is 26.7. The molecule has 0 bridgehead atoms. The number of hydrogen-bond acceptors (Lipinski definition) is 4. The van der Waals surface area contributed by atoms with Gasteiger partial charge >= 0.3 is 0 Å². The molecule has 0 rings (SSSR count). The Kier molecular flexibility index (Phi) is 6.76. The van der Waals surface area contributed by atoms with E-state index < -0.39 is 9.84 Å². The monoisotopic (exact) mass is 236 g/mol. The number of sulfone groups is 1.